The molecule has 126 valence electrons. The van der Waals surface area contributed by atoms with Crippen molar-refractivity contribution in [3.05, 3.63) is 40.8 Å². The van der Waals surface area contributed by atoms with Gasteiger partial charge >= 0.3 is 0 Å². The average Bonchev–Trinajstić information content (AvgIpc) is 3.10. The van der Waals surface area contributed by atoms with Gasteiger partial charge in [0.25, 0.3) is 0 Å². The second-order valence-corrected chi connectivity index (χ2v) is 6.81. The number of rotatable bonds is 2. The van der Waals surface area contributed by atoms with E-state index in [0.29, 0.717) is 29.4 Å². The van der Waals surface area contributed by atoms with Crippen LogP contribution in [0.5, 0.6) is 11.5 Å². The van der Waals surface area contributed by atoms with Gasteiger partial charge in [0.05, 0.1) is 17.2 Å². The third-order valence-electron chi connectivity index (χ3n) is 5.02. The minimum atomic E-state index is -1.19. The first-order chi connectivity index (χ1) is 11.4. The number of Topliss-reactive ketones (excluding diaryl/α,β-unsaturated/α-hetero) is 1. The highest BCUT2D eigenvalue weighted by atomic mass is 16.7. The molecule has 1 N–H and O–H groups in total. The molecule has 1 aromatic heterocycles. The first kappa shape index (κ1) is 15.2. The number of aromatic nitrogens is 1. The second-order valence-electron chi connectivity index (χ2n) is 6.81. The number of ether oxygens (including phenoxy) is 2. The van der Waals surface area contributed by atoms with Crippen molar-refractivity contribution in [2.45, 2.75) is 38.7 Å². The predicted octanol–water partition coefficient (Wildman–Crippen LogP) is 2.36. The van der Waals surface area contributed by atoms with E-state index in [9.17, 15) is 9.90 Å². The summed E-state index contributed by atoms with van der Waals surface area (Å²) in [5.41, 5.74) is 1.29. The summed E-state index contributed by atoms with van der Waals surface area (Å²) >= 11 is 0. The van der Waals surface area contributed by atoms with Crippen LogP contribution in [0, 0.1) is 12.8 Å². The van der Waals surface area contributed by atoms with Crippen molar-refractivity contribution >= 4 is 5.78 Å². The smallest absolute Gasteiger partial charge is 0.231 e. The lowest BCUT2D eigenvalue weighted by atomic mass is 9.64. The third-order valence-corrected chi connectivity index (χ3v) is 5.02. The Morgan fingerprint density at radius 1 is 1.33 bits per heavy atom. The van der Waals surface area contributed by atoms with Crippen LogP contribution in [0.1, 0.15) is 42.3 Å². The summed E-state index contributed by atoms with van der Waals surface area (Å²) in [6, 6.07) is 5.62. The van der Waals surface area contributed by atoms with E-state index in [0.717, 1.165) is 11.1 Å². The summed E-state index contributed by atoms with van der Waals surface area (Å²) in [4.78, 5) is 12.4. The van der Waals surface area contributed by atoms with E-state index in [1.807, 2.05) is 25.1 Å². The minimum absolute atomic E-state index is 0.0612. The van der Waals surface area contributed by atoms with Crippen LogP contribution in [0.15, 0.2) is 22.7 Å². The molecule has 0 saturated carbocycles. The average molecular weight is 329 g/mol. The number of benzene rings is 1. The molecule has 4 rings (SSSR count). The first-order valence-corrected chi connectivity index (χ1v) is 7.96. The second kappa shape index (κ2) is 5.08. The zero-order valence-corrected chi connectivity index (χ0v) is 13.8. The standard InChI is InChI=1S/C18H19NO5/c1-9(20)17-16(11-4-5-13-14(6-11)23-8-22-13)15-10(2)24-19-12(15)7-18(17,3)21/h4-6,16-17,21H,7-8H2,1-3H3/t16-,17+,18-/m0/s1. The van der Waals surface area contributed by atoms with Crippen LogP contribution in [-0.4, -0.2) is 28.4 Å². The summed E-state index contributed by atoms with van der Waals surface area (Å²) in [5.74, 6) is 1.03. The topological polar surface area (TPSA) is 81.8 Å². The summed E-state index contributed by atoms with van der Waals surface area (Å²) < 4.78 is 16.2. The zero-order chi connectivity index (χ0) is 17.1. The number of fused-ring (bicyclic) bond motifs is 2. The number of aliphatic hydroxyl groups is 1. The van der Waals surface area contributed by atoms with Gasteiger partial charge in [-0.05, 0) is 38.5 Å². The fourth-order valence-corrected chi connectivity index (χ4v) is 4.06. The van der Waals surface area contributed by atoms with Crippen molar-refractivity contribution in [3.63, 3.8) is 0 Å². The lowest BCUT2D eigenvalue weighted by Crippen LogP contribution is -2.48. The molecule has 2 heterocycles. The predicted molar refractivity (Wildman–Crippen MR) is 84.1 cm³/mol. The number of carbonyl (C=O) groups is 1. The molecule has 0 radical (unpaired) electrons. The van der Waals surface area contributed by atoms with E-state index in [1.54, 1.807) is 6.92 Å². The Morgan fingerprint density at radius 2 is 2.08 bits per heavy atom. The number of ketones is 1. The Morgan fingerprint density at radius 3 is 2.83 bits per heavy atom. The van der Waals surface area contributed by atoms with Crippen molar-refractivity contribution in [1.29, 1.82) is 0 Å². The Balaban J connectivity index is 1.92. The van der Waals surface area contributed by atoms with Crippen molar-refractivity contribution in [1.82, 2.24) is 5.16 Å². The van der Waals surface area contributed by atoms with Gasteiger partial charge in [0.1, 0.15) is 11.5 Å². The molecule has 6 nitrogen and oxygen atoms in total. The summed E-state index contributed by atoms with van der Waals surface area (Å²) in [6.45, 7) is 5.23. The lowest BCUT2D eigenvalue weighted by molar-refractivity contribution is -0.130. The molecule has 0 saturated heterocycles. The Labute approximate surface area is 139 Å². The third kappa shape index (κ3) is 2.13. The lowest BCUT2D eigenvalue weighted by Gasteiger charge is -2.40. The van der Waals surface area contributed by atoms with Crippen molar-refractivity contribution in [3.8, 4) is 11.5 Å². The molecule has 0 spiro atoms. The SMILES string of the molecule is CC(=O)[C@@H]1[C@@H](c2ccc3c(c2)OCO3)c2c(noc2C)C[C@]1(C)O. The molecule has 3 atom stereocenters. The molecular weight excluding hydrogens is 310 g/mol. The molecule has 0 bridgehead atoms. The molecular formula is C18H19NO5. The zero-order valence-electron chi connectivity index (χ0n) is 13.8. The summed E-state index contributed by atoms with van der Waals surface area (Å²) in [7, 11) is 0. The van der Waals surface area contributed by atoms with Crippen LogP contribution in [0.3, 0.4) is 0 Å². The molecule has 24 heavy (non-hydrogen) atoms. The molecule has 0 unspecified atom stereocenters. The Bertz CT molecular complexity index is 823. The van der Waals surface area contributed by atoms with Crippen LogP contribution in [0.25, 0.3) is 0 Å². The van der Waals surface area contributed by atoms with E-state index in [-0.39, 0.29) is 18.5 Å². The number of nitrogens with zero attached hydrogens (tertiary/aromatic N) is 1. The molecule has 2 aliphatic rings. The van der Waals surface area contributed by atoms with Gasteiger partial charge in [-0.25, -0.2) is 0 Å². The van der Waals surface area contributed by atoms with Gasteiger partial charge in [0.15, 0.2) is 11.5 Å². The number of hydrogen-bond donors (Lipinski definition) is 1. The molecule has 0 fully saturated rings. The molecule has 1 aliphatic carbocycles. The molecule has 6 heteroatoms. The normalized spacial score (nSPS) is 27.8. The number of carbonyl (C=O) groups excluding carboxylic acids is 1. The monoisotopic (exact) mass is 329 g/mol. The van der Waals surface area contributed by atoms with E-state index < -0.39 is 11.5 Å². The quantitative estimate of drug-likeness (QED) is 0.911. The molecule has 0 amide bonds. The van der Waals surface area contributed by atoms with E-state index in [1.165, 1.54) is 6.92 Å². The maximum atomic E-state index is 12.4. The number of aryl methyl sites for hydroxylation is 1. The highest BCUT2D eigenvalue weighted by molar-refractivity contribution is 5.82. The number of hydrogen-bond acceptors (Lipinski definition) is 6. The van der Waals surface area contributed by atoms with Crippen molar-refractivity contribution in [2.75, 3.05) is 6.79 Å². The van der Waals surface area contributed by atoms with Gasteiger partial charge < -0.3 is 19.1 Å². The highest BCUT2D eigenvalue weighted by Gasteiger charge is 2.49. The highest BCUT2D eigenvalue weighted by Crippen LogP contribution is 2.48. The van der Waals surface area contributed by atoms with Crippen LogP contribution < -0.4 is 9.47 Å². The van der Waals surface area contributed by atoms with Gasteiger partial charge in [-0.1, -0.05) is 11.2 Å². The van der Waals surface area contributed by atoms with Gasteiger partial charge in [-0.3, -0.25) is 4.79 Å². The van der Waals surface area contributed by atoms with E-state index >= 15 is 0 Å². The van der Waals surface area contributed by atoms with Gasteiger partial charge in [0, 0.05) is 17.9 Å². The Hall–Kier alpha value is -2.34. The Kier molecular flexibility index (Phi) is 3.22. The van der Waals surface area contributed by atoms with Crippen LogP contribution in [-0.2, 0) is 11.2 Å². The van der Waals surface area contributed by atoms with Crippen LogP contribution in [0.4, 0.5) is 0 Å². The first-order valence-electron chi connectivity index (χ1n) is 7.96. The fourth-order valence-electron chi connectivity index (χ4n) is 4.06. The summed E-state index contributed by atoms with van der Waals surface area (Å²) in [5, 5.41) is 15.0. The maximum Gasteiger partial charge on any atom is 0.231 e. The molecule has 2 aromatic rings. The van der Waals surface area contributed by atoms with E-state index in [4.69, 9.17) is 14.0 Å². The van der Waals surface area contributed by atoms with Crippen molar-refractivity contribution < 1.29 is 23.9 Å². The van der Waals surface area contributed by atoms with Gasteiger partial charge in [-0.2, -0.15) is 0 Å². The summed E-state index contributed by atoms with van der Waals surface area (Å²) in [6.07, 6.45) is 0.297. The minimum Gasteiger partial charge on any atom is -0.454 e. The molecule has 1 aliphatic heterocycles. The largest absolute Gasteiger partial charge is 0.454 e. The maximum absolute atomic E-state index is 12.4. The fraction of sp³-hybridized carbons (Fsp3) is 0.444. The van der Waals surface area contributed by atoms with Gasteiger partial charge in [-0.15, -0.1) is 0 Å². The van der Waals surface area contributed by atoms with Crippen LogP contribution in [0.2, 0.25) is 0 Å². The van der Waals surface area contributed by atoms with Crippen LogP contribution >= 0.6 is 0 Å². The molecule has 1 aromatic carbocycles. The van der Waals surface area contributed by atoms with Crippen molar-refractivity contribution in [2.24, 2.45) is 5.92 Å². The van der Waals surface area contributed by atoms with E-state index in [2.05, 4.69) is 5.16 Å². The van der Waals surface area contributed by atoms with Gasteiger partial charge in [0.2, 0.25) is 6.79 Å².